The fraction of sp³-hybridized carbons (Fsp3) is 0.450. The second kappa shape index (κ2) is 10.0. The van der Waals surface area contributed by atoms with E-state index in [0.29, 0.717) is 13.1 Å². The summed E-state index contributed by atoms with van der Waals surface area (Å²) >= 11 is 0. The van der Waals surface area contributed by atoms with Gasteiger partial charge in [0.1, 0.15) is 11.4 Å². The second-order valence-corrected chi connectivity index (χ2v) is 9.25. The van der Waals surface area contributed by atoms with E-state index in [4.69, 9.17) is 4.74 Å². The minimum absolute atomic E-state index is 0.0533. The van der Waals surface area contributed by atoms with Crippen LogP contribution in [0.5, 0.6) is 0 Å². The zero-order valence-corrected chi connectivity index (χ0v) is 18.5. The van der Waals surface area contributed by atoms with E-state index in [-0.39, 0.29) is 10.8 Å². The molecule has 2 aromatic rings. The molecule has 1 aliphatic rings. The number of carbonyl (C=O) groups is 2. The van der Waals surface area contributed by atoms with Gasteiger partial charge in [-0.1, -0.05) is 29.8 Å². The van der Waals surface area contributed by atoms with Gasteiger partial charge >= 0.3 is 5.97 Å². The zero-order chi connectivity index (χ0) is 22.4. The molecule has 0 aliphatic carbocycles. The van der Waals surface area contributed by atoms with Gasteiger partial charge in [-0.05, 0) is 12.5 Å². The lowest BCUT2D eigenvalue weighted by molar-refractivity contribution is -0.151. The lowest BCUT2D eigenvalue weighted by Crippen LogP contribution is -2.49. The first-order valence-corrected chi connectivity index (χ1v) is 11.4. The highest BCUT2D eigenvalue weighted by molar-refractivity contribution is 7.89. The highest BCUT2D eigenvalue weighted by atomic mass is 32.2. The van der Waals surface area contributed by atoms with E-state index in [0.717, 1.165) is 19.6 Å². The second-order valence-electron chi connectivity index (χ2n) is 7.48. The third kappa shape index (κ3) is 6.61. The standard InChI is InChI=1S/C20H27N5O5S/c1-16-4-3-5-17(10-16)13-24-6-8-25(9-7-24)19(26)15-30-20(27)12-22-31(28,29)18-11-21-23(2)14-18/h3-5,10-11,14,22H,6-9,12-13,15H2,1-2H3. The number of ether oxygens (including phenoxy) is 1. The van der Waals surface area contributed by atoms with Gasteiger partial charge in [0.05, 0.1) is 6.20 Å². The van der Waals surface area contributed by atoms with Crippen LogP contribution < -0.4 is 4.72 Å². The van der Waals surface area contributed by atoms with E-state index in [1.807, 2.05) is 6.07 Å². The molecule has 3 rings (SSSR count). The van der Waals surface area contributed by atoms with E-state index in [1.165, 1.54) is 28.2 Å². The van der Waals surface area contributed by atoms with E-state index in [2.05, 4.69) is 39.8 Å². The molecule has 11 heteroatoms. The number of benzene rings is 1. The Bertz CT molecular complexity index is 1030. The zero-order valence-electron chi connectivity index (χ0n) is 17.7. The van der Waals surface area contributed by atoms with E-state index < -0.39 is 29.1 Å². The number of nitrogens with one attached hydrogen (secondary N) is 1. The fourth-order valence-electron chi connectivity index (χ4n) is 3.28. The van der Waals surface area contributed by atoms with Crippen LogP contribution in [0, 0.1) is 6.92 Å². The van der Waals surface area contributed by atoms with Gasteiger partial charge in [-0.3, -0.25) is 19.2 Å². The van der Waals surface area contributed by atoms with Crippen molar-refractivity contribution in [3.63, 3.8) is 0 Å². The summed E-state index contributed by atoms with van der Waals surface area (Å²) in [5.74, 6) is -1.11. The number of aryl methyl sites for hydroxylation is 2. The van der Waals surface area contributed by atoms with Crippen molar-refractivity contribution >= 4 is 21.9 Å². The van der Waals surface area contributed by atoms with Crippen molar-refractivity contribution in [3.8, 4) is 0 Å². The summed E-state index contributed by atoms with van der Waals surface area (Å²) in [6.07, 6.45) is 2.49. The Kier molecular flexibility index (Phi) is 7.42. The molecule has 0 saturated carbocycles. The third-order valence-corrected chi connectivity index (χ3v) is 6.32. The Morgan fingerprint density at radius 1 is 1.19 bits per heavy atom. The van der Waals surface area contributed by atoms with E-state index >= 15 is 0 Å². The average Bonchev–Trinajstić information content (AvgIpc) is 3.18. The van der Waals surface area contributed by atoms with Crippen LogP contribution in [0.4, 0.5) is 0 Å². The molecule has 168 valence electrons. The number of carbonyl (C=O) groups excluding carboxylic acids is 2. The molecule has 0 radical (unpaired) electrons. The van der Waals surface area contributed by atoms with E-state index in [1.54, 1.807) is 11.9 Å². The van der Waals surface area contributed by atoms with Gasteiger partial charge in [0.2, 0.25) is 10.0 Å². The Balaban J connectivity index is 1.37. The van der Waals surface area contributed by atoms with Crippen LogP contribution in [-0.2, 0) is 37.9 Å². The smallest absolute Gasteiger partial charge is 0.321 e. The Hall–Kier alpha value is -2.76. The maximum Gasteiger partial charge on any atom is 0.321 e. The molecule has 0 unspecified atom stereocenters. The lowest BCUT2D eigenvalue weighted by atomic mass is 10.1. The molecule has 31 heavy (non-hydrogen) atoms. The summed E-state index contributed by atoms with van der Waals surface area (Å²) < 4.78 is 32.5. The summed E-state index contributed by atoms with van der Waals surface area (Å²) in [7, 11) is -2.28. The van der Waals surface area contributed by atoms with Gasteiger partial charge < -0.3 is 9.64 Å². The van der Waals surface area contributed by atoms with Crippen molar-refractivity contribution in [1.29, 1.82) is 0 Å². The SMILES string of the molecule is Cc1cccc(CN2CCN(C(=O)COC(=O)CNS(=O)(=O)c3cnn(C)c3)CC2)c1. The van der Waals surface area contributed by atoms with Crippen LogP contribution in [0.3, 0.4) is 0 Å². The molecule has 1 N–H and O–H groups in total. The molecule has 1 aromatic heterocycles. The third-order valence-electron chi connectivity index (χ3n) is 4.97. The molecule has 0 atom stereocenters. The first-order valence-electron chi connectivity index (χ1n) is 9.92. The largest absolute Gasteiger partial charge is 0.455 e. The molecular weight excluding hydrogens is 422 g/mol. The van der Waals surface area contributed by atoms with Crippen LogP contribution in [0.1, 0.15) is 11.1 Å². The molecule has 2 heterocycles. The quantitative estimate of drug-likeness (QED) is 0.560. The van der Waals surface area contributed by atoms with Crippen LogP contribution in [-0.4, -0.2) is 79.2 Å². The van der Waals surface area contributed by atoms with Gasteiger partial charge in [0, 0.05) is 46.0 Å². The summed E-state index contributed by atoms with van der Waals surface area (Å²) in [5, 5.41) is 3.78. The first-order chi connectivity index (χ1) is 14.7. The number of nitrogens with zero attached hydrogens (tertiary/aromatic N) is 4. The average molecular weight is 450 g/mol. The molecule has 1 saturated heterocycles. The number of piperazine rings is 1. The number of esters is 1. The van der Waals surface area contributed by atoms with Gasteiger partial charge in [0.25, 0.3) is 5.91 Å². The minimum atomic E-state index is -3.86. The van der Waals surface area contributed by atoms with E-state index in [9.17, 15) is 18.0 Å². The van der Waals surface area contributed by atoms with Crippen molar-refractivity contribution in [3.05, 3.63) is 47.8 Å². The van der Waals surface area contributed by atoms with Gasteiger partial charge in [0.15, 0.2) is 6.61 Å². The Morgan fingerprint density at radius 2 is 1.94 bits per heavy atom. The van der Waals surface area contributed by atoms with Crippen molar-refractivity contribution in [2.75, 3.05) is 39.3 Å². The number of hydrogen-bond acceptors (Lipinski definition) is 7. The molecular formula is C20H27N5O5S. The Labute approximate surface area is 181 Å². The predicted molar refractivity (Wildman–Crippen MR) is 112 cm³/mol. The topological polar surface area (TPSA) is 114 Å². The molecule has 0 spiro atoms. The van der Waals surface area contributed by atoms with Gasteiger partial charge in [-0.2, -0.15) is 9.82 Å². The van der Waals surface area contributed by atoms with Gasteiger partial charge in [-0.15, -0.1) is 0 Å². The number of rotatable bonds is 8. The van der Waals surface area contributed by atoms with Crippen LogP contribution in [0.2, 0.25) is 0 Å². The van der Waals surface area contributed by atoms with Crippen molar-refractivity contribution in [2.24, 2.45) is 7.05 Å². The predicted octanol–water partition coefficient (Wildman–Crippen LogP) is -0.106. The minimum Gasteiger partial charge on any atom is -0.455 e. The normalized spacial score (nSPS) is 15.1. The van der Waals surface area contributed by atoms with Crippen molar-refractivity contribution in [1.82, 2.24) is 24.3 Å². The highest BCUT2D eigenvalue weighted by Gasteiger charge is 2.23. The van der Waals surface area contributed by atoms with Crippen LogP contribution in [0.15, 0.2) is 41.6 Å². The fourth-order valence-corrected chi connectivity index (χ4v) is 4.24. The number of aromatic nitrogens is 2. The number of sulfonamides is 1. The molecule has 1 aromatic carbocycles. The molecule has 0 bridgehead atoms. The van der Waals surface area contributed by atoms with Crippen LogP contribution in [0.25, 0.3) is 0 Å². The molecule has 10 nitrogen and oxygen atoms in total. The highest BCUT2D eigenvalue weighted by Crippen LogP contribution is 2.11. The number of amides is 1. The molecule has 1 aliphatic heterocycles. The van der Waals surface area contributed by atoms with Crippen molar-refractivity contribution in [2.45, 2.75) is 18.4 Å². The summed E-state index contributed by atoms with van der Waals surface area (Å²) in [4.78, 5) is 28.0. The maximum absolute atomic E-state index is 12.3. The number of hydrogen-bond donors (Lipinski definition) is 1. The van der Waals surface area contributed by atoms with Crippen molar-refractivity contribution < 1.29 is 22.7 Å². The lowest BCUT2D eigenvalue weighted by Gasteiger charge is -2.34. The van der Waals surface area contributed by atoms with Crippen LogP contribution >= 0.6 is 0 Å². The van der Waals surface area contributed by atoms with Gasteiger partial charge in [-0.25, -0.2) is 8.42 Å². The monoisotopic (exact) mass is 449 g/mol. The first kappa shape index (κ1) is 22.9. The summed E-state index contributed by atoms with van der Waals surface area (Å²) in [6, 6.07) is 8.34. The molecule has 1 fully saturated rings. The maximum atomic E-state index is 12.3. The summed E-state index contributed by atoms with van der Waals surface area (Å²) in [5.41, 5.74) is 2.46. The summed E-state index contributed by atoms with van der Waals surface area (Å²) in [6.45, 7) is 4.49. The Morgan fingerprint density at radius 3 is 2.58 bits per heavy atom. The molecule has 1 amide bonds.